The first kappa shape index (κ1) is 10.1. The molecule has 1 saturated heterocycles. The summed E-state index contributed by atoms with van der Waals surface area (Å²) in [6.45, 7) is 2.24. The van der Waals surface area contributed by atoms with Crippen LogP contribution in [0.15, 0.2) is 12.4 Å². The lowest BCUT2D eigenvalue weighted by atomic mass is 10.1. The Labute approximate surface area is 92.7 Å². The lowest BCUT2D eigenvalue weighted by molar-refractivity contribution is 0.595. The van der Waals surface area contributed by atoms with Crippen LogP contribution in [-0.2, 0) is 0 Å². The molecule has 14 heavy (non-hydrogen) atoms. The van der Waals surface area contributed by atoms with Gasteiger partial charge in [-0.05, 0) is 11.7 Å². The molecule has 0 bridgehead atoms. The summed E-state index contributed by atoms with van der Waals surface area (Å²) in [5.74, 6) is 3.70. The summed E-state index contributed by atoms with van der Waals surface area (Å²) in [7, 11) is 0. The number of nitrogens with one attached hydrogen (secondary N) is 1. The Kier molecular flexibility index (Phi) is 3.13. The molecule has 0 radical (unpaired) electrons. The monoisotopic (exact) mass is 229 g/mol. The summed E-state index contributed by atoms with van der Waals surface area (Å²) in [5, 5.41) is 3.89. The van der Waals surface area contributed by atoms with Crippen molar-refractivity contribution >= 4 is 29.3 Å². The molecule has 2 unspecified atom stereocenters. The summed E-state index contributed by atoms with van der Waals surface area (Å²) in [6.07, 6.45) is 3.23. The first-order valence-corrected chi connectivity index (χ1v) is 6.11. The third-order valence-electron chi connectivity index (χ3n) is 2.30. The molecular weight excluding hydrogens is 218 g/mol. The first-order chi connectivity index (χ1) is 6.75. The summed E-state index contributed by atoms with van der Waals surface area (Å²) in [5.41, 5.74) is 0. The molecule has 3 nitrogen and oxygen atoms in total. The van der Waals surface area contributed by atoms with E-state index in [-0.39, 0.29) is 0 Å². The molecule has 1 aromatic heterocycles. The normalized spacial score (nSPS) is 26.4. The van der Waals surface area contributed by atoms with Crippen molar-refractivity contribution in [2.24, 2.45) is 5.92 Å². The zero-order chi connectivity index (χ0) is 9.97. The van der Waals surface area contributed by atoms with E-state index in [4.69, 9.17) is 11.6 Å². The van der Waals surface area contributed by atoms with Crippen molar-refractivity contribution < 1.29 is 0 Å². The standard InChI is InChI=1S/C9H12ClN3S/c1-6-4-14-5-8(6)13-9-11-2-7(10)3-12-9/h2-3,6,8H,4-5H2,1H3,(H,11,12,13). The van der Waals surface area contributed by atoms with Crippen LogP contribution < -0.4 is 5.32 Å². The number of rotatable bonds is 2. The van der Waals surface area contributed by atoms with E-state index in [1.807, 2.05) is 11.8 Å². The zero-order valence-corrected chi connectivity index (χ0v) is 9.48. The SMILES string of the molecule is CC1CSCC1Nc1ncc(Cl)cn1. The number of aromatic nitrogens is 2. The molecule has 0 aromatic carbocycles. The average molecular weight is 230 g/mol. The Hall–Kier alpha value is -0.480. The number of hydrogen-bond acceptors (Lipinski definition) is 4. The maximum atomic E-state index is 5.70. The fourth-order valence-electron chi connectivity index (χ4n) is 1.40. The topological polar surface area (TPSA) is 37.8 Å². The maximum Gasteiger partial charge on any atom is 0.222 e. The van der Waals surface area contributed by atoms with Crippen LogP contribution in [0.2, 0.25) is 5.02 Å². The second kappa shape index (κ2) is 4.36. The second-order valence-electron chi connectivity index (χ2n) is 3.49. The molecule has 2 rings (SSSR count). The molecule has 1 N–H and O–H groups in total. The van der Waals surface area contributed by atoms with E-state index in [0.717, 1.165) is 5.75 Å². The van der Waals surface area contributed by atoms with Crippen LogP contribution in [-0.4, -0.2) is 27.5 Å². The van der Waals surface area contributed by atoms with Crippen molar-refractivity contribution in [3.05, 3.63) is 17.4 Å². The first-order valence-electron chi connectivity index (χ1n) is 4.57. The van der Waals surface area contributed by atoms with E-state index >= 15 is 0 Å². The molecule has 1 aromatic rings. The van der Waals surface area contributed by atoms with E-state index in [0.29, 0.717) is 22.9 Å². The van der Waals surface area contributed by atoms with Gasteiger partial charge in [-0.25, -0.2) is 9.97 Å². The van der Waals surface area contributed by atoms with Gasteiger partial charge >= 0.3 is 0 Å². The molecule has 1 fully saturated rings. The van der Waals surface area contributed by atoms with Crippen LogP contribution in [0.3, 0.4) is 0 Å². The van der Waals surface area contributed by atoms with Crippen molar-refractivity contribution in [1.82, 2.24) is 9.97 Å². The second-order valence-corrected chi connectivity index (χ2v) is 5.00. The van der Waals surface area contributed by atoms with Crippen LogP contribution in [0, 0.1) is 5.92 Å². The van der Waals surface area contributed by atoms with Gasteiger partial charge in [0.05, 0.1) is 17.4 Å². The predicted molar refractivity (Wildman–Crippen MR) is 60.9 cm³/mol. The van der Waals surface area contributed by atoms with Gasteiger partial charge in [-0.15, -0.1) is 0 Å². The van der Waals surface area contributed by atoms with Gasteiger partial charge in [0, 0.05) is 11.8 Å². The summed E-state index contributed by atoms with van der Waals surface area (Å²) in [6, 6.07) is 0.487. The van der Waals surface area contributed by atoms with E-state index in [1.165, 1.54) is 5.75 Å². The van der Waals surface area contributed by atoms with Crippen LogP contribution in [0.4, 0.5) is 5.95 Å². The summed E-state index contributed by atoms with van der Waals surface area (Å²) >= 11 is 7.67. The van der Waals surface area contributed by atoms with Gasteiger partial charge in [0.15, 0.2) is 0 Å². The highest BCUT2D eigenvalue weighted by molar-refractivity contribution is 7.99. The molecule has 2 heterocycles. The molecule has 1 aliphatic heterocycles. The Morgan fingerprint density at radius 2 is 2.14 bits per heavy atom. The van der Waals surface area contributed by atoms with Crippen molar-refractivity contribution in [2.45, 2.75) is 13.0 Å². The average Bonchev–Trinajstić information content (AvgIpc) is 2.56. The number of anilines is 1. The lowest BCUT2D eigenvalue weighted by Crippen LogP contribution is -2.26. The number of hydrogen-bond donors (Lipinski definition) is 1. The van der Waals surface area contributed by atoms with Crippen LogP contribution in [0.5, 0.6) is 0 Å². The van der Waals surface area contributed by atoms with Gasteiger partial charge in [-0.2, -0.15) is 11.8 Å². The highest BCUT2D eigenvalue weighted by atomic mass is 35.5. The van der Waals surface area contributed by atoms with Crippen molar-refractivity contribution in [3.8, 4) is 0 Å². The van der Waals surface area contributed by atoms with Gasteiger partial charge in [0.1, 0.15) is 0 Å². The zero-order valence-electron chi connectivity index (χ0n) is 7.90. The van der Waals surface area contributed by atoms with Crippen LogP contribution in [0.25, 0.3) is 0 Å². The number of halogens is 1. The van der Waals surface area contributed by atoms with E-state index in [1.54, 1.807) is 12.4 Å². The van der Waals surface area contributed by atoms with Crippen molar-refractivity contribution in [2.75, 3.05) is 16.8 Å². The van der Waals surface area contributed by atoms with E-state index in [2.05, 4.69) is 22.2 Å². The van der Waals surface area contributed by atoms with Gasteiger partial charge in [0.25, 0.3) is 0 Å². The molecule has 2 atom stereocenters. The van der Waals surface area contributed by atoms with Gasteiger partial charge in [-0.3, -0.25) is 0 Å². The Balaban J connectivity index is 2.00. The third kappa shape index (κ3) is 2.30. The lowest BCUT2D eigenvalue weighted by Gasteiger charge is -2.15. The molecular formula is C9H12ClN3S. The van der Waals surface area contributed by atoms with Gasteiger partial charge in [-0.1, -0.05) is 18.5 Å². The molecule has 0 amide bonds. The Bertz CT molecular complexity index is 303. The van der Waals surface area contributed by atoms with E-state index in [9.17, 15) is 0 Å². The number of thioether (sulfide) groups is 1. The van der Waals surface area contributed by atoms with Crippen LogP contribution in [0.1, 0.15) is 6.92 Å². The predicted octanol–water partition coefficient (Wildman–Crippen LogP) is 2.29. The maximum absolute atomic E-state index is 5.70. The van der Waals surface area contributed by atoms with E-state index < -0.39 is 0 Å². The number of nitrogens with zero attached hydrogens (tertiary/aromatic N) is 2. The molecule has 0 saturated carbocycles. The van der Waals surface area contributed by atoms with Gasteiger partial charge in [0.2, 0.25) is 5.95 Å². The van der Waals surface area contributed by atoms with Crippen molar-refractivity contribution in [3.63, 3.8) is 0 Å². The van der Waals surface area contributed by atoms with Crippen LogP contribution >= 0.6 is 23.4 Å². The molecule has 0 spiro atoms. The fraction of sp³-hybridized carbons (Fsp3) is 0.556. The minimum atomic E-state index is 0.487. The smallest absolute Gasteiger partial charge is 0.222 e. The molecule has 1 aliphatic rings. The molecule has 5 heteroatoms. The Morgan fingerprint density at radius 1 is 1.43 bits per heavy atom. The highest BCUT2D eigenvalue weighted by Crippen LogP contribution is 2.25. The summed E-state index contributed by atoms with van der Waals surface area (Å²) < 4.78 is 0. The van der Waals surface area contributed by atoms with Crippen molar-refractivity contribution in [1.29, 1.82) is 0 Å². The van der Waals surface area contributed by atoms with Gasteiger partial charge < -0.3 is 5.32 Å². The third-order valence-corrected chi connectivity index (χ3v) is 3.85. The minimum Gasteiger partial charge on any atom is -0.350 e. The quantitative estimate of drug-likeness (QED) is 0.845. The minimum absolute atomic E-state index is 0.487. The molecule has 76 valence electrons. The summed E-state index contributed by atoms with van der Waals surface area (Å²) in [4.78, 5) is 8.23. The highest BCUT2D eigenvalue weighted by Gasteiger charge is 2.24. The fourth-order valence-corrected chi connectivity index (χ4v) is 2.90. The molecule has 0 aliphatic carbocycles. The largest absolute Gasteiger partial charge is 0.350 e. The Morgan fingerprint density at radius 3 is 2.71 bits per heavy atom.